The van der Waals surface area contributed by atoms with Crippen LogP contribution in [0.5, 0.6) is 0 Å². The molecule has 0 unspecified atom stereocenters. The number of rotatable bonds is 2. The van der Waals surface area contributed by atoms with Crippen LogP contribution in [0.4, 0.5) is 10.1 Å². The van der Waals surface area contributed by atoms with Crippen LogP contribution in [0.2, 0.25) is 0 Å². The normalized spacial score (nSPS) is 9.00. The highest BCUT2D eigenvalue weighted by Gasteiger charge is 2.05. The van der Waals surface area contributed by atoms with Crippen molar-refractivity contribution in [1.82, 2.24) is 0 Å². The van der Waals surface area contributed by atoms with E-state index in [9.17, 15) is 14.0 Å². The Morgan fingerprint density at radius 3 is 2.77 bits per heavy atom. The van der Waals surface area contributed by atoms with Gasteiger partial charge < -0.3 is 5.73 Å². The van der Waals surface area contributed by atoms with Crippen LogP contribution in [0, 0.1) is 5.82 Å². The Morgan fingerprint density at radius 1 is 1.54 bits per heavy atom. The molecule has 1 rings (SSSR count). The van der Waals surface area contributed by atoms with Gasteiger partial charge in [-0.1, -0.05) is 0 Å². The van der Waals surface area contributed by atoms with E-state index in [2.05, 4.69) is 4.99 Å². The number of halogens is 1. The van der Waals surface area contributed by atoms with Gasteiger partial charge in [-0.3, -0.25) is 4.79 Å². The van der Waals surface area contributed by atoms with Gasteiger partial charge in [0, 0.05) is 5.56 Å². The van der Waals surface area contributed by atoms with Gasteiger partial charge in [-0.2, -0.15) is 4.99 Å². The number of amides is 1. The second-order valence-corrected chi connectivity index (χ2v) is 2.23. The summed E-state index contributed by atoms with van der Waals surface area (Å²) in [5.41, 5.74) is 4.78. The van der Waals surface area contributed by atoms with Gasteiger partial charge in [-0.05, 0) is 18.2 Å². The molecule has 0 saturated heterocycles. The van der Waals surface area contributed by atoms with E-state index in [1.807, 2.05) is 0 Å². The van der Waals surface area contributed by atoms with E-state index in [1.165, 1.54) is 12.1 Å². The van der Waals surface area contributed by atoms with Crippen molar-refractivity contribution in [1.29, 1.82) is 0 Å². The van der Waals surface area contributed by atoms with Crippen LogP contribution in [0.15, 0.2) is 23.2 Å². The van der Waals surface area contributed by atoms with E-state index in [0.29, 0.717) is 0 Å². The van der Waals surface area contributed by atoms with E-state index in [-0.39, 0.29) is 11.3 Å². The smallest absolute Gasteiger partial charge is 0.248 e. The molecule has 1 aromatic rings. The Labute approximate surface area is 72.9 Å². The summed E-state index contributed by atoms with van der Waals surface area (Å²) in [5.74, 6) is -1.41. The Hall–Kier alpha value is -2.00. The Bertz CT molecular complexity index is 397. The molecular weight excluding hydrogens is 175 g/mol. The number of isocyanates is 1. The maximum absolute atomic E-state index is 12.8. The molecule has 0 fully saturated rings. The van der Waals surface area contributed by atoms with Crippen LogP contribution >= 0.6 is 0 Å². The second kappa shape index (κ2) is 3.60. The van der Waals surface area contributed by atoms with Crippen molar-refractivity contribution >= 4 is 17.7 Å². The van der Waals surface area contributed by atoms with Crippen LogP contribution in [0.3, 0.4) is 0 Å². The summed E-state index contributed by atoms with van der Waals surface area (Å²) in [4.78, 5) is 23.5. The average Bonchev–Trinajstić information content (AvgIpc) is 2.08. The molecule has 5 heteroatoms. The third-order valence-corrected chi connectivity index (χ3v) is 1.40. The lowest BCUT2D eigenvalue weighted by Crippen LogP contribution is -2.10. The van der Waals surface area contributed by atoms with Gasteiger partial charge in [-0.25, -0.2) is 9.18 Å². The van der Waals surface area contributed by atoms with E-state index < -0.39 is 11.7 Å². The fourth-order valence-corrected chi connectivity index (χ4v) is 0.801. The molecule has 0 aliphatic rings. The fraction of sp³-hybridized carbons (Fsp3) is 0. The number of hydrogen-bond acceptors (Lipinski definition) is 3. The number of nitrogens with two attached hydrogens (primary N) is 1. The minimum atomic E-state index is -0.706. The molecule has 0 aromatic heterocycles. The highest BCUT2D eigenvalue weighted by atomic mass is 19.1. The molecule has 0 heterocycles. The zero-order valence-corrected chi connectivity index (χ0v) is 6.45. The lowest BCUT2D eigenvalue weighted by molar-refractivity contribution is 0.100. The van der Waals surface area contributed by atoms with E-state index in [0.717, 1.165) is 12.1 Å². The molecule has 66 valence electrons. The summed E-state index contributed by atoms with van der Waals surface area (Å²) in [6.45, 7) is 0. The third-order valence-electron chi connectivity index (χ3n) is 1.40. The zero-order chi connectivity index (χ0) is 9.84. The van der Waals surface area contributed by atoms with Gasteiger partial charge in [0.1, 0.15) is 11.5 Å². The summed E-state index contributed by atoms with van der Waals surface area (Å²) in [6.07, 6.45) is 1.17. The summed E-state index contributed by atoms with van der Waals surface area (Å²) in [5, 5.41) is 0. The molecule has 0 spiro atoms. The van der Waals surface area contributed by atoms with Gasteiger partial charge in [-0.15, -0.1) is 0 Å². The summed E-state index contributed by atoms with van der Waals surface area (Å²) in [6, 6.07) is 3.31. The van der Waals surface area contributed by atoms with Crippen molar-refractivity contribution in [3.63, 3.8) is 0 Å². The SMILES string of the molecule is NC(=O)c1ccc(F)c(N=C=O)c1. The molecule has 4 nitrogen and oxygen atoms in total. The number of nitrogens with zero attached hydrogens (tertiary/aromatic N) is 1. The van der Waals surface area contributed by atoms with Crippen molar-refractivity contribution in [2.75, 3.05) is 0 Å². The molecule has 1 aromatic carbocycles. The molecule has 2 N–H and O–H groups in total. The highest BCUT2D eigenvalue weighted by Crippen LogP contribution is 2.18. The molecule has 0 aliphatic heterocycles. The number of hydrogen-bond donors (Lipinski definition) is 1. The van der Waals surface area contributed by atoms with Gasteiger partial charge in [0.25, 0.3) is 0 Å². The second-order valence-electron chi connectivity index (χ2n) is 2.23. The average molecular weight is 180 g/mol. The van der Waals surface area contributed by atoms with Crippen LogP contribution in [-0.2, 0) is 4.79 Å². The number of benzene rings is 1. The molecule has 0 radical (unpaired) electrons. The molecular formula is C8H5FN2O2. The molecule has 0 aliphatic carbocycles. The van der Waals surface area contributed by atoms with Gasteiger partial charge in [0.15, 0.2) is 0 Å². The maximum Gasteiger partial charge on any atom is 0.248 e. The van der Waals surface area contributed by atoms with E-state index in [4.69, 9.17) is 5.73 Å². The van der Waals surface area contributed by atoms with Crippen molar-refractivity contribution < 1.29 is 14.0 Å². The molecule has 13 heavy (non-hydrogen) atoms. The topological polar surface area (TPSA) is 72.5 Å². The van der Waals surface area contributed by atoms with Gasteiger partial charge in [0.05, 0.1) is 0 Å². The van der Waals surface area contributed by atoms with E-state index in [1.54, 1.807) is 0 Å². The zero-order valence-electron chi connectivity index (χ0n) is 6.45. The number of primary amides is 1. The Kier molecular flexibility index (Phi) is 2.52. The summed E-state index contributed by atoms with van der Waals surface area (Å²) < 4.78 is 12.8. The highest BCUT2D eigenvalue weighted by molar-refractivity contribution is 5.93. The Balaban J connectivity index is 3.26. The minimum absolute atomic E-state index is 0.0930. The van der Waals surface area contributed by atoms with Crippen molar-refractivity contribution in [3.8, 4) is 0 Å². The van der Waals surface area contributed by atoms with Crippen molar-refractivity contribution in [2.45, 2.75) is 0 Å². The largest absolute Gasteiger partial charge is 0.366 e. The standard InChI is InChI=1S/C8H5FN2O2/c9-6-2-1-5(8(10)13)3-7(6)11-4-12/h1-3H,(H2,10,13). The number of carbonyl (C=O) groups is 1. The lowest BCUT2D eigenvalue weighted by Gasteiger charge is -1.97. The van der Waals surface area contributed by atoms with Gasteiger partial charge in [0.2, 0.25) is 12.0 Å². The molecule has 0 bridgehead atoms. The van der Waals surface area contributed by atoms with E-state index >= 15 is 0 Å². The van der Waals surface area contributed by atoms with Crippen molar-refractivity contribution in [3.05, 3.63) is 29.6 Å². The quantitative estimate of drug-likeness (QED) is 0.542. The predicted molar refractivity (Wildman–Crippen MR) is 42.7 cm³/mol. The maximum atomic E-state index is 12.8. The van der Waals surface area contributed by atoms with Crippen LogP contribution in [0.1, 0.15) is 10.4 Å². The first kappa shape index (κ1) is 9.09. The summed E-state index contributed by atoms with van der Waals surface area (Å²) in [7, 11) is 0. The van der Waals surface area contributed by atoms with Gasteiger partial charge >= 0.3 is 0 Å². The van der Waals surface area contributed by atoms with Crippen LogP contribution in [0.25, 0.3) is 0 Å². The predicted octanol–water partition coefficient (Wildman–Crippen LogP) is 0.892. The molecule has 0 saturated carbocycles. The third kappa shape index (κ3) is 1.98. The fourth-order valence-electron chi connectivity index (χ4n) is 0.801. The minimum Gasteiger partial charge on any atom is -0.366 e. The first-order valence-electron chi connectivity index (χ1n) is 3.32. The van der Waals surface area contributed by atoms with Crippen molar-refractivity contribution in [2.24, 2.45) is 10.7 Å². The number of aliphatic imine (C=N–C) groups is 1. The lowest BCUT2D eigenvalue weighted by atomic mass is 10.2. The van der Waals surface area contributed by atoms with Crippen LogP contribution < -0.4 is 5.73 Å². The molecule has 1 amide bonds. The first-order chi connectivity index (χ1) is 6.15. The number of carbonyl (C=O) groups excluding carboxylic acids is 2. The van der Waals surface area contributed by atoms with Crippen LogP contribution in [-0.4, -0.2) is 12.0 Å². The monoisotopic (exact) mass is 180 g/mol. The Morgan fingerprint density at radius 2 is 2.23 bits per heavy atom. The molecule has 0 atom stereocenters. The summed E-state index contributed by atoms with van der Waals surface area (Å²) >= 11 is 0. The first-order valence-corrected chi connectivity index (χ1v) is 3.32.